The number of hydrogen-bond donors (Lipinski definition) is 2. The minimum absolute atomic E-state index is 0.104. The number of nitrogens with one attached hydrogen (secondary N) is 2. The van der Waals surface area contributed by atoms with E-state index in [1.165, 1.54) is 7.11 Å². The van der Waals surface area contributed by atoms with Gasteiger partial charge >= 0.3 is 6.09 Å². The molecule has 1 rings (SSSR count). The van der Waals surface area contributed by atoms with Gasteiger partial charge < -0.3 is 15.4 Å². The predicted octanol–water partition coefficient (Wildman–Crippen LogP) is 0.593. The van der Waals surface area contributed by atoms with Gasteiger partial charge in [0.15, 0.2) is 0 Å². The number of carbonyl (C=O) groups is 2. The standard InChI is InChI=1S/C13H15N3O3/c1-19-13(18)16-11(12(17)15-8-7-14)9-10-5-3-2-4-6-10/h2-6,11H,8-9H2,1H3,(H,15,17)(H,16,18). The zero-order chi connectivity index (χ0) is 14.1. The second-order valence-corrected chi connectivity index (χ2v) is 3.75. The predicted molar refractivity (Wildman–Crippen MR) is 68.1 cm³/mol. The van der Waals surface area contributed by atoms with Gasteiger partial charge in [0.05, 0.1) is 13.2 Å². The van der Waals surface area contributed by atoms with Crippen LogP contribution in [0.25, 0.3) is 0 Å². The van der Waals surface area contributed by atoms with Gasteiger partial charge in [-0.1, -0.05) is 30.3 Å². The Morgan fingerprint density at radius 2 is 2.05 bits per heavy atom. The van der Waals surface area contributed by atoms with Crippen LogP contribution in [0.5, 0.6) is 0 Å². The summed E-state index contributed by atoms with van der Waals surface area (Å²) < 4.78 is 4.48. The zero-order valence-electron chi connectivity index (χ0n) is 10.6. The molecule has 0 heterocycles. The highest BCUT2D eigenvalue weighted by Crippen LogP contribution is 2.03. The molecule has 0 aliphatic carbocycles. The molecular weight excluding hydrogens is 246 g/mol. The van der Waals surface area contributed by atoms with E-state index in [4.69, 9.17) is 5.26 Å². The van der Waals surface area contributed by atoms with Crippen molar-refractivity contribution >= 4 is 12.0 Å². The molecule has 0 spiro atoms. The molecule has 0 aliphatic rings. The van der Waals surface area contributed by atoms with Gasteiger partial charge in [-0.3, -0.25) is 4.79 Å². The van der Waals surface area contributed by atoms with Crippen LogP contribution in [0.2, 0.25) is 0 Å². The molecule has 0 radical (unpaired) electrons. The molecule has 0 aliphatic heterocycles. The monoisotopic (exact) mass is 261 g/mol. The first-order valence-electron chi connectivity index (χ1n) is 5.70. The van der Waals surface area contributed by atoms with Crippen molar-refractivity contribution < 1.29 is 14.3 Å². The maximum absolute atomic E-state index is 11.8. The second-order valence-electron chi connectivity index (χ2n) is 3.75. The number of carbonyl (C=O) groups excluding carboxylic acids is 2. The van der Waals surface area contributed by atoms with E-state index in [1.807, 2.05) is 36.4 Å². The number of rotatable bonds is 5. The molecule has 0 fully saturated rings. The quantitative estimate of drug-likeness (QED) is 0.759. The smallest absolute Gasteiger partial charge is 0.407 e. The highest BCUT2D eigenvalue weighted by atomic mass is 16.5. The SMILES string of the molecule is COC(=O)NC(Cc1ccccc1)C(=O)NCC#N. The molecular formula is C13H15N3O3. The number of methoxy groups -OCH3 is 1. The Hall–Kier alpha value is -2.55. The first-order chi connectivity index (χ1) is 9.17. The molecule has 6 heteroatoms. The number of hydrogen-bond acceptors (Lipinski definition) is 4. The van der Waals surface area contributed by atoms with Gasteiger partial charge in [0.2, 0.25) is 5.91 Å². The fourth-order valence-corrected chi connectivity index (χ4v) is 1.51. The summed E-state index contributed by atoms with van der Waals surface area (Å²) >= 11 is 0. The summed E-state index contributed by atoms with van der Waals surface area (Å²) in [6.45, 7) is -0.104. The van der Waals surface area contributed by atoms with Gasteiger partial charge in [-0.2, -0.15) is 5.26 Å². The summed E-state index contributed by atoms with van der Waals surface area (Å²) in [6.07, 6.45) is -0.360. The molecule has 1 unspecified atom stereocenters. The number of alkyl carbamates (subject to hydrolysis) is 1. The van der Waals surface area contributed by atoms with Gasteiger partial charge in [0, 0.05) is 6.42 Å². The van der Waals surface area contributed by atoms with Crippen molar-refractivity contribution in [1.29, 1.82) is 5.26 Å². The highest BCUT2D eigenvalue weighted by Gasteiger charge is 2.21. The van der Waals surface area contributed by atoms with Gasteiger partial charge in [0.1, 0.15) is 12.6 Å². The van der Waals surface area contributed by atoms with Crippen LogP contribution in [0.1, 0.15) is 5.56 Å². The summed E-state index contributed by atoms with van der Waals surface area (Å²) in [5.41, 5.74) is 0.899. The summed E-state index contributed by atoms with van der Waals surface area (Å²) in [7, 11) is 1.22. The van der Waals surface area contributed by atoms with E-state index in [2.05, 4.69) is 15.4 Å². The number of amides is 2. The fraction of sp³-hybridized carbons (Fsp3) is 0.308. The van der Waals surface area contributed by atoms with Gasteiger partial charge in [0.25, 0.3) is 0 Å². The number of nitrogens with zero attached hydrogens (tertiary/aromatic N) is 1. The molecule has 0 saturated carbocycles. The van der Waals surface area contributed by atoms with E-state index in [1.54, 1.807) is 0 Å². The summed E-state index contributed by atoms with van der Waals surface area (Å²) in [5.74, 6) is -0.421. The van der Waals surface area contributed by atoms with Crippen molar-refractivity contribution in [2.45, 2.75) is 12.5 Å². The lowest BCUT2D eigenvalue weighted by molar-refractivity contribution is -0.122. The Labute approximate surface area is 111 Å². The van der Waals surface area contributed by atoms with Crippen molar-refractivity contribution in [2.24, 2.45) is 0 Å². The first-order valence-corrected chi connectivity index (χ1v) is 5.70. The Bertz CT molecular complexity index is 468. The van der Waals surface area contributed by atoms with E-state index >= 15 is 0 Å². The van der Waals surface area contributed by atoms with Crippen LogP contribution < -0.4 is 10.6 Å². The van der Waals surface area contributed by atoms with E-state index < -0.39 is 18.0 Å². The Morgan fingerprint density at radius 1 is 1.37 bits per heavy atom. The average molecular weight is 261 g/mol. The van der Waals surface area contributed by atoms with E-state index in [0.717, 1.165) is 5.56 Å². The molecule has 19 heavy (non-hydrogen) atoms. The summed E-state index contributed by atoms with van der Waals surface area (Å²) in [6, 6.07) is 10.3. The maximum Gasteiger partial charge on any atom is 0.407 e. The molecule has 0 saturated heterocycles. The topological polar surface area (TPSA) is 91.2 Å². The normalized spacial score (nSPS) is 10.9. The molecule has 2 N–H and O–H groups in total. The molecule has 100 valence electrons. The van der Waals surface area contributed by atoms with Crippen LogP contribution >= 0.6 is 0 Å². The van der Waals surface area contributed by atoms with Crippen molar-refractivity contribution in [1.82, 2.24) is 10.6 Å². The minimum atomic E-state index is -0.775. The Kier molecular flexibility index (Phi) is 5.89. The minimum Gasteiger partial charge on any atom is -0.453 e. The Morgan fingerprint density at radius 3 is 2.63 bits per heavy atom. The molecule has 0 aromatic heterocycles. The van der Waals surface area contributed by atoms with E-state index in [9.17, 15) is 9.59 Å². The Balaban J connectivity index is 2.71. The molecule has 6 nitrogen and oxygen atoms in total. The lowest BCUT2D eigenvalue weighted by Crippen LogP contribution is -2.48. The first kappa shape index (κ1) is 14.5. The molecule has 1 aromatic carbocycles. The second kappa shape index (κ2) is 7.71. The lowest BCUT2D eigenvalue weighted by Gasteiger charge is -2.16. The van der Waals surface area contributed by atoms with Crippen LogP contribution in [0.3, 0.4) is 0 Å². The molecule has 1 atom stereocenters. The average Bonchev–Trinajstić information content (AvgIpc) is 2.44. The number of benzene rings is 1. The van der Waals surface area contributed by atoms with E-state index in [0.29, 0.717) is 6.42 Å². The van der Waals surface area contributed by atoms with Crippen molar-refractivity contribution in [3.63, 3.8) is 0 Å². The fourth-order valence-electron chi connectivity index (χ4n) is 1.51. The van der Waals surface area contributed by atoms with Gasteiger partial charge in [-0.15, -0.1) is 0 Å². The third kappa shape index (κ3) is 5.08. The van der Waals surface area contributed by atoms with Gasteiger partial charge in [-0.05, 0) is 5.56 Å². The largest absolute Gasteiger partial charge is 0.453 e. The van der Waals surface area contributed by atoms with Crippen molar-refractivity contribution in [3.8, 4) is 6.07 Å². The van der Waals surface area contributed by atoms with Crippen LogP contribution in [0.4, 0.5) is 4.79 Å². The van der Waals surface area contributed by atoms with Crippen LogP contribution in [0, 0.1) is 11.3 Å². The van der Waals surface area contributed by atoms with Crippen LogP contribution in [-0.2, 0) is 16.0 Å². The molecule has 2 amide bonds. The number of nitriles is 1. The molecule has 1 aromatic rings. The number of ether oxygens (including phenoxy) is 1. The highest BCUT2D eigenvalue weighted by molar-refractivity contribution is 5.86. The van der Waals surface area contributed by atoms with Crippen LogP contribution in [0.15, 0.2) is 30.3 Å². The van der Waals surface area contributed by atoms with E-state index in [-0.39, 0.29) is 6.54 Å². The van der Waals surface area contributed by atoms with Gasteiger partial charge in [-0.25, -0.2) is 4.79 Å². The van der Waals surface area contributed by atoms with Crippen molar-refractivity contribution in [2.75, 3.05) is 13.7 Å². The molecule has 0 bridgehead atoms. The zero-order valence-corrected chi connectivity index (χ0v) is 10.6. The summed E-state index contributed by atoms with van der Waals surface area (Å²) in [5, 5.41) is 13.3. The lowest BCUT2D eigenvalue weighted by atomic mass is 10.1. The summed E-state index contributed by atoms with van der Waals surface area (Å²) in [4.78, 5) is 23.0. The third-order valence-corrected chi connectivity index (χ3v) is 2.42. The third-order valence-electron chi connectivity index (χ3n) is 2.42. The maximum atomic E-state index is 11.8. The van der Waals surface area contributed by atoms with Crippen LogP contribution in [-0.4, -0.2) is 31.7 Å². The van der Waals surface area contributed by atoms with Crippen molar-refractivity contribution in [3.05, 3.63) is 35.9 Å².